The molecule has 2 N–H and O–H groups in total. The number of benzene rings is 1. The molecule has 0 unspecified atom stereocenters. The molecule has 0 saturated carbocycles. The Kier molecular flexibility index (Phi) is 8.35. The maximum Gasteiger partial charge on any atom is 0.151 e. The first-order chi connectivity index (χ1) is 16.2. The first-order valence-electron chi connectivity index (χ1n) is 12.2. The molecular formula is C27H35N5O. The third-order valence-electron chi connectivity index (χ3n) is 6.08. The summed E-state index contributed by atoms with van der Waals surface area (Å²) in [5, 5.41) is 0. The molecule has 0 radical (unpaired) electrons. The monoisotopic (exact) mass is 445 g/mol. The first kappa shape index (κ1) is 23.3. The van der Waals surface area contributed by atoms with Gasteiger partial charge in [-0.15, -0.1) is 0 Å². The van der Waals surface area contributed by atoms with Gasteiger partial charge in [-0.2, -0.15) is 0 Å². The van der Waals surface area contributed by atoms with Crippen molar-refractivity contribution in [3.05, 3.63) is 53.5 Å². The van der Waals surface area contributed by atoms with Gasteiger partial charge in [0, 0.05) is 19.0 Å². The van der Waals surface area contributed by atoms with Gasteiger partial charge < -0.3 is 19.9 Å². The van der Waals surface area contributed by atoms with E-state index in [1.165, 1.54) is 25.9 Å². The molecule has 0 bridgehead atoms. The number of likely N-dealkylation sites (tertiary alicyclic amines) is 1. The molecule has 1 fully saturated rings. The van der Waals surface area contributed by atoms with Gasteiger partial charge in [-0.05, 0) is 50.9 Å². The van der Waals surface area contributed by atoms with Crippen LogP contribution in [0.3, 0.4) is 0 Å². The van der Waals surface area contributed by atoms with Crippen LogP contribution in [0, 0.1) is 11.8 Å². The Balaban J connectivity index is 1.50. The molecule has 6 heteroatoms. The van der Waals surface area contributed by atoms with Crippen molar-refractivity contribution in [1.29, 1.82) is 0 Å². The highest BCUT2D eigenvalue weighted by Crippen LogP contribution is 2.24. The Hall–Kier alpha value is -2.88. The Labute approximate surface area is 197 Å². The van der Waals surface area contributed by atoms with Crippen molar-refractivity contribution in [2.24, 2.45) is 0 Å². The average Bonchev–Trinajstić information content (AvgIpc) is 3.47. The van der Waals surface area contributed by atoms with Crippen LogP contribution >= 0.6 is 0 Å². The number of nitrogens with two attached hydrogens (primary N) is 1. The van der Waals surface area contributed by atoms with Crippen molar-refractivity contribution < 1.29 is 4.74 Å². The molecular weight excluding hydrogens is 410 g/mol. The molecule has 174 valence electrons. The van der Waals surface area contributed by atoms with Gasteiger partial charge in [0.2, 0.25) is 0 Å². The van der Waals surface area contributed by atoms with Crippen molar-refractivity contribution >= 4 is 16.9 Å². The second-order valence-corrected chi connectivity index (χ2v) is 8.76. The van der Waals surface area contributed by atoms with Crippen molar-refractivity contribution in [3.8, 4) is 11.8 Å². The lowest BCUT2D eigenvalue weighted by molar-refractivity contribution is 0.0668. The van der Waals surface area contributed by atoms with E-state index in [9.17, 15) is 0 Å². The number of nitrogens with zero attached hydrogens (tertiary/aromatic N) is 4. The fraction of sp³-hybridized carbons (Fsp3) is 0.481. The molecule has 0 spiro atoms. The van der Waals surface area contributed by atoms with Gasteiger partial charge in [0.15, 0.2) is 5.82 Å². The Bertz CT molecular complexity index is 1090. The summed E-state index contributed by atoms with van der Waals surface area (Å²) in [7, 11) is 0. The highest BCUT2D eigenvalue weighted by molar-refractivity contribution is 5.90. The van der Waals surface area contributed by atoms with Gasteiger partial charge in [-0.25, -0.2) is 9.97 Å². The number of ether oxygens (including phenoxy) is 1. The van der Waals surface area contributed by atoms with Crippen LogP contribution in [-0.4, -0.2) is 39.1 Å². The zero-order valence-corrected chi connectivity index (χ0v) is 19.7. The zero-order valence-electron chi connectivity index (χ0n) is 19.7. The minimum Gasteiger partial charge on any atom is -0.382 e. The zero-order chi connectivity index (χ0) is 22.9. The maximum atomic E-state index is 6.39. The van der Waals surface area contributed by atoms with Crippen LogP contribution < -0.4 is 5.73 Å². The molecule has 1 saturated heterocycles. The van der Waals surface area contributed by atoms with E-state index in [1.807, 2.05) is 29.0 Å². The smallest absolute Gasteiger partial charge is 0.151 e. The summed E-state index contributed by atoms with van der Waals surface area (Å²) < 4.78 is 7.97. The molecule has 2 aromatic heterocycles. The Morgan fingerprint density at radius 1 is 1.09 bits per heavy atom. The summed E-state index contributed by atoms with van der Waals surface area (Å²) in [6.07, 6.45) is 9.63. The van der Waals surface area contributed by atoms with Crippen LogP contribution in [0.5, 0.6) is 0 Å². The third kappa shape index (κ3) is 6.34. The van der Waals surface area contributed by atoms with E-state index in [0.29, 0.717) is 19.2 Å². The largest absolute Gasteiger partial charge is 0.382 e. The van der Waals surface area contributed by atoms with Crippen LogP contribution in [0.25, 0.3) is 11.0 Å². The number of rotatable bonds is 10. The van der Waals surface area contributed by atoms with Crippen molar-refractivity contribution in [1.82, 2.24) is 19.4 Å². The van der Waals surface area contributed by atoms with Gasteiger partial charge in [0.05, 0.1) is 12.2 Å². The van der Waals surface area contributed by atoms with Crippen molar-refractivity contribution in [2.45, 2.75) is 65.2 Å². The van der Waals surface area contributed by atoms with Crippen LogP contribution in [0.15, 0.2) is 36.5 Å². The van der Waals surface area contributed by atoms with E-state index < -0.39 is 0 Å². The molecule has 0 atom stereocenters. The van der Waals surface area contributed by atoms with E-state index in [-0.39, 0.29) is 0 Å². The first-order valence-corrected chi connectivity index (χ1v) is 12.2. The number of hydrogen-bond acceptors (Lipinski definition) is 5. The average molecular weight is 446 g/mol. The molecule has 33 heavy (non-hydrogen) atoms. The van der Waals surface area contributed by atoms with Crippen LogP contribution in [0.1, 0.15) is 62.4 Å². The molecule has 6 nitrogen and oxygen atoms in total. The van der Waals surface area contributed by atoms with E-state index in [2.05, 4.69) is 40.8 Å². The van der Waals surface area contributed by atoms with Gasteiger partial charge >= 0.3 is 0 Å². The minimum atomic E-state index is 0.379. The molecule has 3 aromatic rings. The number of unbranched alkanes of at least 4 members (excludes halogenated alkanes) is 2. The molecule has 1 aliphatic rings. The van der Waals surface area contributed by atoms with Gasteiger partial charge in [-0.3, -0.25) is 0 Å². The standard InChI is InChI=1S/C27H35N5O/c1-2-3-15-24-29-25-23(14-8-5-9-16-31-17-10-11-18-31)19-32(26(25)27(28)30-24)21-33-20-22-12-6-4-7-13-22/h4,6-7,12-13,19H,2-3,5,9-11,15-18,20-21H2,1H3,(H2,28,29,30). The lowest BCUT2D eigenvalue weighted by Crippen LogP contribution is -2.20. The lowest BCUT2D eigenvalue weighted by Gasteiger charge is -2.12. The molecule has 4 rings (SSSR count). The summed E-state index contributed by atoms with van der Waals surface area (Å²) in [6.45, 7) is 6.69. The van der Waals surface area contributed by atoms with Crippen LogP contribution in [-0.2, 0) is 24.5 Å². The van der Waals surface area contributed by atoms with E-state index in [4.69, 9.17) is 15.5 Å². The lowest BCUT2D eigenvalue weighted by atomic mass is 10.2. The van der Waals surface area contributed by atoms with Crippen molar-refractivity contribution in [2.75, 3.05) is 25.4 Å². The maximum absolute atomic E-state index is 6.39. The van der Waals surface area contributed by atoms with Crippen LogP contribution in [0.4, 0.5) is 5.82 Å². The van der Waals surface area contributed by atoms with Crippen LogP contribution in [0.2, 0.25) is 0 Å². The highest BCUT2D eigenvalue weighted by atomic mass is 16.5. The fourth-order valence-electron chi connectivity index (χ4n) is 4.30. The summed E-state index contributed by atoms with van der Waals surface area (Å²) in [4.78, 5) is 11.9. The van der Waals surface area contributed by atoms with Gasteiger partial charge in [0.1, 0.15) is 23.6 Å². The summed E-state index contributed by atoms with van der Waals surface area (Å²) >= 11 is 0. The van der Waals surface area contributed by atoms with Gasteiger partial charge in [-0.1, -0.05) is 55.5 Å². The number of anilines is 1. The molecule has 1 aliphatic heterocycles. The predicted octanol–water partition coefficient (Wildman–Crippen LogP) is 4.76. The molecule has 1 aromatic carbocycles. The van der Waals surface area contributed by atoms with E-state index >= 15 is 0 Å². The summed E-state index contributed by atoms with van der Waals surface area (Å²) in [5.41, 5.74) is 10.1. The quantitative estimate of drug-likeness (QED) is 0.360. The fourth-order valence-corrected chi connectivity index (χ4v) is 4.30. The molecule has 0 aliphatic carbocycles. The predicted molar refractivity (Wildman–Crippen MR) is 134 cm³/mol. The van der Waals surface area contributed by atoms with Gasteiger partial charge in [0.25, 0.3) is 0 Å². The normalized spacial score (nSPS) is 14.0. The number of aryl methyl sites for hydroxylation is 1. The topological polar surface area (TPSA) is 69.2 Å². The number of hydrogen-bond donors (Lipinski definition) is 1. The second-order valence-electron chi connectivity index (χ2n) is 8.76. The summed E-state index contributed by atoms with van der Waals surface area (Å²) in [6, 6.07) is 10.2. The van der Waals surface area contributed by atoms with Crippen molar-refractivity contribution in [3.63, 3.8) is 0 Å². The van der Waals surface area contributed by atoms with E-state index in [0.717, 1.165) is 66.6 Å². The number of nitrogen functional groups attached to an aromatic ring is 1. The summed E-state index contributed by atoms with van der Waals surface area (Å²) in [5.74, 6) is 8.01. The highest BCUT2D eigenvalue weighted by Gasteiger charge is 2.15. The third-order valence-corrected chi connectivity index (χ3v) is 6.08. The Morgan fingerprint density at radius 3 is 2.70 bits per heavy atom. The SMILES string of the molecule is CCCCc1nc(N)c2c(n1)c(C#CCCCN1CCCC1)cn2COCc1ccccc1. The minimum absolute atomic E-state index is 0.379. The molecule has 3 heterocycles. The second kappa shape index (κ2) is 11.8. The molecule has 0 amide bonds. The Morgan fingerprint density at radius 2 is 1.91 bits per heavy atom. The number of aromatic nitrogens is 3. The number of fused-ring (bicyclic) bond motifs is 1. The van der Waals surface area contributed by atoms with E-state index in [1.54, 1.807) is 0 Å².